The van der Waals surface area contributed by atoms with E-state index < -0.39 is 0 Å². The average molecular weight is 169 g/mol. The van der Waals surface area contributed by atoms with Gasteiger partial charge in [-0.2, -0.15) is 5.10 Å². The molecule has 1 rings (SSSR count). The number of nitrogens with zero attached hydrogens (tertiary/aromatic N) is 2. The summed E-state index contributed by atoms with van der Waals surface area (Å²) in [5.41, 5.74) is 8.84. The van der Waals surface area contributed by atoms with Crippen LogP contribution < -0.4 is 11.2 Å². The molecule has 0 amide bonds. The number of nitrogens with one attached hydrogen (secondary N) is 2. The van der Waals surface area contributed by atoms with E-state index in [9.17, 15) is 0 Å². The lowest BCUT2D eigenvalue weighted by Gasteiger charge is -1.96. The molecule has 0 aromatic carbocycles. The van der Waals surface area contributed by atoms with Gasteiger partial charge in [0.05, 0.1) is 12.7 Å². The van der Waals surface area contributed by atoms with Crippen molar-refractivity contribution in [3.8, 4) is 0 Å². The number of hydrogen-bond donors (Lipinski definition) is 4. The topological polar surface area (TPSA) is 99.3 Å². The zero-order valence-electron chi connectivity index (χ0n) is 6.70. The minimum atomic E-state index is -0.00407. The molecule has 12 heavy (non-hydrogen) atoms. The van der Waals surface area contributed by atoms with Gasteiger partial charge in [-0.3, -0.25) is 10.3 Å². The summed E-state index contributed by atoms with van der Waals surface area (Å²) in [5, 5.41) is 14.9. The number of rotatable bonds is 2. The van der Waals surface area contributed by atoms with Gasteiger partial charge in [0.15, 0.2) is 0 Å². The van der Waals surface area contributed by atoms with E-state index in [0.717, 1.165) is 11.3 Å². The fourth-order valence-electron chi connectivity index (χ4n) is 0.741. The van der Waals surface area contributed by atoms with Crippen molar-refractivity contribution in [2.45, 2.75) is 13.5 Å². The number of H-pyrrole nitrogens is 1. The Labute approximate surface area is 69.5 Å². The monoisotopic (exact) mass is 169 g/mol. The molecule has 0 radical (unpaired) electrons. The van der Waals surface area contributed by atoms with Crippen LogP contribution in [0, 0.1) is 6.92 Å². The van der Waals surface area contributed by atoms with Crippen LogP contribution in [0.5, 0.6) is 0 Å². The van der Waals surface area contributed by atoms with E-state index in [1.54, 1.807) is 11.7 Å². The molecule has 0 bridgehead atoms. The minimum absolute atomic E-state index is 0.00407. The van der Waals surface area contributed by atoms with Crippen molar-refractivity contribution in [3.05, 3.63) is 17.5 Å². The fraction of sp³-hybridized carbons (Fsp3) is 0.333. The minimum Gasteiger partial charge on any atom is -0.368 e. The van der Waals surface area contributed by atoms with Crippen molar-refractivity contribution in [2.75, 3.05) is 0 Å². The number of guanidine groups is 1. The SMILES string of the molecule is Cc1[nH]ncc1CN=C(N)NO. The molecule has 5 N–H and O–H groups in total. The Kier molecular flexibility index (Phi) is 2.65. The van der Waals surface area contributed by atoms with Crippen LogP contribution in [0.25, 0.3) is 0 Å². The Balaban J connectivity index is 2.59. The fourth-order valence-corrected chi connectivity index (χ4v) is 0.741. The number of nitrogens with two attached hydrogens (primary N) is 1. The van der Waals surface area contributed by atoms with Gasteiger partial charge in [0.2, 0.25) is 5.96 Å². The molecule has 66 valence electrons. The molecule has 0 fully saturated rings. The van der Waals surface area contributed by atoms with Crippen molar-refractivity contribution in [3.63, 3.8) is 0 Å². The van der Waals surface area contributed by atoms with Crippen molar-refractivity contribution < 1.29 is 5.21 Å². The Morgan fingerprint density at radius 3 is 3.17 bits per heavy atom. The number of aromatic nitrogens is 2. The summed E-state index contributed by atoms with van der Waals surface area (Å²) in [5.74, 6) is -0.00407. The Bertz CT molecular complexity index is 279. The van der Waals surface area contributed by atoms with E-state index in [1.165, 1.54) is 0 Å². The zero-order chi connectivity index (χ0) is 8.97. The summed E-state index contributed by atoms with van der Waals surface area (Å²) in [6, 6.07) is 0. The van der Waals surface area contributed by atoms with E-state index in [4.69, 9.17) is 10.9 Å². The first-order valence-corrected chi connectivity index (χ1v) is 3.43. The van der Waals surface area contributed by atoms with E-state index in [2.05, 4.69) is 15.2 Å². The molecule has 1 aromatic rings. The summed E-state index contributed by atoms with van der Waals surface area (Å²) >= 11 is 0. The predicted octanol–water partition coefficient (Wildman–Crippen LogP) is -0.488. The summed E-state index contributed by atoms with van der Waals surface area (Å²) < 4.78 is 0. The molecule has 0 saturated heterocycles. The van der Waals surface area contributed by atoms with Crippen LogP contribution in [-0.4, -0.2) is 21.4 Å². The van der Waals surface area contributed by atoms with Crippen molar-refractivity contribution in [1.82, 2.24) is 15.7 Å². The number of hydroxylamine groups is 1. The van der Waals surface area contributed by atoms with E-state index >= 15 is 0 Å². The molecule has 0 atom stereocenters. The first kappa shape index (κ1) is 8.54. The van der Waals surface area contributed by atoms with Crippen LogP contribution in [-0.2, 0) is 6.54 Å². The Morgan fingerprint density at radius 1 is 1.92 bits per heavy atom. The lowest BCUT2D eigenvalue weighted by Crippen LogP contribution is -2.28. The van der Waals surface area contributed by atoms with E-state index in [-0.39, 0.29) is 5.96 Å². The standard InChI is InChI=1S/C6H11N5O/c1-4-5(3-9-10-4)2-8-6(7)11-12/h3,12H,2H2,1H3,(H,9,10)(H3,7,8,11). The molecular formula is C6H11N5O. The van der Waals surface area contributed by atoms with Gasteiger partial charge in [0.25, 0.3) is 0 Å². The largest absolute Gasteiger partial charge is 0.368 e. The molecule has 1 aromatic heterocycles. The van der Waals surface area contributed by atoms with Crippen LogP contribution in [0.1, 0.15) is 11.3 Å². The first-order valence-electron chi connectivity index (χ1n) is 3.43. The molecule has 0 aliphatic rings. The number of aromatic amines is 1. The molecule has 0 unspecified atom stereocenters. The van der Waals surface area contributed by atoms with Gasteiger partial charge in [-0.15, -0.1) is 0 Å². The quantitative estimate of drug-likeness (QED) is 0.273. The highest BCUT2D eigenvalue weighted by Gasteiger charge is 1.97. The molecule has 6 heteroatoms. The highest BCUT2D eigenvalue weighted by Crippen LogP contribution is 2.03. The summed E-state index contributed by atoms with van der Waals surface area (Å²) in [6.07, 6.45) is 1.67. The van der Waals surface area contributed by atoms with Gasteiger partial charge in [-0.25, -0.2) is 10.5 Å². The maximum Gasteiger partial charge on any atom is 0.213 e. The van der Waals surface area contributed by atoms with Crippen LogP contribution in [0.3, 0.4) is 0 Å². The number of aryl methyl sites for hydroxylation is 1. The Hall–Kier alpha value is -1.56. The third kappa shape index (κ3) is 1.96. The highest BCUT2D eigenvalue weighted by atomic mass is 16.5. The summed E-state index contributed by atoms with van der Waals surface area (Å²) in [4.78, 5) is 3.82. The van der Waals surface area contributed by atoms with Crippen LogP contribution >= 0.6 is 0 Å². The molecule has 0 saturated carbocycles. The summed E-state index contributed by atoms with van der Waals surface area (Å²) in [7, 11) is 0. The molecule has 6 nitrogen and oxygen atoms in total. The second-order valence-corrected chi connectivity index (χ2v) is 2.33. The second kappa shape index (κ2) is 3.72. The molecule has 1 heterocycles. The van der Waals surface area contributed by atoms with Gasteiger partial charge in [-0.1, -0.05) is 0 Å². The third-order valence-corrected chi connectivity index (χ3v) is 1.47. The van der Waals surface area contributed by atoms with Gasteiger partial charge in [0.1, 0.15) is 0 Å². The molecule has 0 spiro atoms. The van der Waals surface area contributed by atoms with E-state index in [1.807, 2.05) is 6.92 Å². The third-order valence-electron chi connectivity index (χ3n) is 1.47. The van der Waals surface area contributed by atoms with Gasteiger partial charge in [0, 0.05) is 11.3 Å². The van der Waals surface area contributed by atoms with Gasteiger partial charge in [-0.05, 0) is 6.92 Å². The highest BCUT2D eigenvalue weighted by molar-refractivity contribution is 5.76. The number of aliphatic imine (C=N–C) groups is 1. The van der Waals surface area contributed by atoms with Crippen molar-refractivity contribution in [1.29, 1.82) is 0 Å². The Morgan fingerprint density at radius 2 is 2.67 bits per heavy atom. The summed E-state index contributed by atoms with van der Waals surface area (Å²) in [6.45, 7) is 2.29. The van der Waals surface area contributed by atoms with Crippen molar-refractivity contribution >= 4 is 5.96 Å². The van der Waals surface area contributed by atoms with Gasteiger partial charge >= 0.3 is 0 Å². The molecular weight excluding hydrogens is 158 g/mol. The second-order valence-electron chi connectivity index (χ2n) is 2.33. The van der Waals surface area contributed by atoms with Gasteiger partial charge < -0.3 is 5.73 Å². The van der Waals surface area contributed by atoms with Crippen LogP contribution in [0.4, 0.5) is 0 Å². The lowest BCUT2D eigenvalue weighted by atomic mass is 10.3. The van der Waals surface area contributed by atoms with Crippen molar-refractivity contribution in [2.24, 2.45) is 10.7 Å². The normalized spacial score (nSPS) is 11.7. The number of hydrogen-bond acceptors (Lipinski definition) is 3. The molecule has 0 aliphatic heterocycles. The maximum absolute atomic E-state index is 8.30. The molecule has 0 aliphatic carbocycles. The smallest absolute Gasteiger partial charge is 0.213 e. The predicted molar refractivity (Wildman–Crippen MR) is 43.6 cm³/mol. The van der Waals surface area contributed by atoms with E-state index in [0.29, 0.717) is 6.54 Å². The van der Waals surface area contributed by atoms with Crippen LogP contribution in [0.15, 0.2) is 11.2 Å². The first-order chi connectivity index (χ1) is 5.74. The zero-order valence-corrected chi connectivity index (χ0v) is 6.70. The van der Waals surface area contributed by atoms with Crippen LogP contribution in [0.2, 0.25) is 0 Å². The average Bonchev–Trinajstić information content (AvgIpc) is 2.47. The maximum atomic E-state index is 8.30. The lowest BCUT2D eigenvalue weighted by molar-refractivity contribution is 0.232.